The molecule has 0 spiro atoms. The third kappa shape index (κ3) is 51.9. The molecule has 0 unspecified atom stereocenters. The molecule has 10 radical (unpaired) electrons. The van der Waals surface area contributed by atoms with Crippen molar-refractivity contribution in [1.29, 1.82) is 0 Å². The Bertz CT molecular complexity index is 2430. The van der Waals surface area contributed by atoms with Crippen LogP contribution in [0.3, 0.4) is 0 Å². The minimum Gasteiger partial charge on any atom is -0.439 e. The zero-order chi connectivity index (χ0) is 70.4. The summed E-state index contributed by atoms with van der Waals surface area (Å²) in [6.45, 7) is 73.6. The van der Waals surface area contributed by atoms with Crippen LogP contribution in [0, 0.1) is 0 Å². The summed E-state index contributed by atoms with van der Waals surface area (Å²) in [6, 6.07) is 53.8. The van der Waals surface area contributed by atoms with Gasteiger partial charge >= 0.3 is 9.28 Å². The first-order valence-corrected chi connectivity index (χ1v) is 83.3. The van der Waals surface area contributed by atoms with E-state index in [1.807, 2.05) is 0 Å². The van der Waals surface area contributed by atoms with Crippen LogP contribution in [0.25, 0.3) is 0 Å². The first-order chi connectivity index (χ1) is 43.1. The molecule has 1 aliphatic rings. The average Bonchev–Trinajstić information content (AvgIpc) is 0.915. The van der Waals surface area contributed by atoms with Crippen molar-refractivity contribution >= 4 is 232 Å². The summed E-state index contributed by atoms with van der Waals surface area (Å²) in [7, 11) is -5.85. The maximum Gasteiger partial charge on any atom is 0.358 e. The van der Waals surface area contributed by atoms with E-state index in [1.54, 1.807) is 84.9 Å². The van der Waals surface area contributed by atoms with E-state index in [0.29, 0.717) is 19.0 Å². The fourth-order valence-corrected chi connectivity index (χ4v) is 67.6. The quantitative estimate of drug-likeness (QED) is 0.0900. The van der Waals surface area contributed by atoms with E-state index in [-0.39, 0.29) is 171 Å². The second kappa shape index (κ2) is 66.9. The Morgan fingerprint density at radius 2 is 0.545 bits per heavy atom. The zero-order valence-corrected chi connectivity index (χ0v) is 92.8. The molecule has 6 aromatic rings. The summed E-state index contributed by atoms with van der Waals surface area (Å²) in [4.78, 5) is 0. The number of benzene rings is 6. The molecule has 0 bridgehead atoms. The molecule has 2 nitrogen and oxygen atoms in total. The van der Waals surface area contributed by atoms with E-state index in [2.05, 4.69) is 349 Å². The molecule has 1 saturated heterocycles. The van der Waals surface area contributed by atoms with E-state index in [4.69, 9.17) is 8.23 Å². The van der Waals surface area contributed by atoms with Gasteiger partial charge in [-0.25, -0.2) is 0 Å². The van der Waals surface area contributed by atoms with Gasteiger partial charge in [0.15, 0.2) is 18.1 Å². The Morgan fingerprint density at radius 1 is 0.333 bits per heavy atom. The fraction of sp³-hybridized carbons (Fsp3) is 0.507. The summed E-state index contributed by atoms with van der Waals surface area (Å²) in [5.74, 6) is 0. The monoisotopic (exact) mass is 1860 g/mol. The molecule has 0 amide bonds. The van der Waals surface area contributed by atoms with E-state index in [0.717, 1.165) is 0 Å². The van der Waals surface area contributed by atoms with Crippen molar-refractivity contribution in [3.8, 4) is 0 Å². The molecule has 1 aliphatic heterocycles. The van der Waals surface area contributed by atoms with Crippen molar-refractivity contribution in [3.05, 3.63) is 146 Å². The van der Waals surface area contributed by atoms with Gasteiger partial charge in [-0.1, -0.05) is 416 Å². The molecular formula is C73H144Fe5O2Si19. The number of hydrogen-bond acceptors (Lipinski definition) is 2. The molecule has 0 saturated carbocycles. The smallest absolute Gasteiger partial charge is 0.358 e. The van der Waals surface area contributed by atoms with Crippen molar-refractivity contribution in [2.24, 2.45) is 0 Å². The van der Waals surface area contributed by atoms with Crippen LogP contribution in [0.4, 0.5) is 0 Å². The van der Waals surface area contributed by atoms with Crippen LogP contribution < -0.4 is 62.2 Å². The SMILES string of the molecule is C.C.C[SiH](C)c1ccccc1[SiH](C)C.C[SiH]c1ccccc1[SiH](C)C.C[SiH]c1ccccc1[SiH](C)C.C[Si](C)O[Si](C)O[SiH](C)C.C[Si](C)c1ccccc1[SiH](C)C.C[Si](C)c1ccccc1[SiH](C)C.C[Si](C)c1ccccc1[Si](C)C.C[Si]1C[SiH](C)C[Si](C)C[SiH](C)C1.[Fe].[Fe].[Fe].[Fe].[Fe]. The Hall–Kier alpha value is 1.96. The Labute approximate surface area is 703 Å². The van der Waals surface area contributed by atoms with E-state index < -0.39 is 80.1 Å². The Morgan fingerprint density at radius 3 is 0.737 bits per heavy atom. The van der Waals surface area contributed by atoms with Gasteiger partial charge in [-0.3, -0.25) is 0 Å². The third-order valence-corrected chi connectivity index (χ3v) is 65.0. The molecule has 6 aromatic carbocycles. The van der Waals surface area contributed by atoms with Gasteiger partial charge in [-0.15, -0.1) is 0 Å². The molecule has 99 heavy (non-hydrogen) atoms. The second-order valence-electron chi connectivity index (χ2n) is 28.7. The first-order valence-electron chi connectivity index (χ1n) is 35.1. The maximum atomic E-state index is 5.60. The summed E-state index contributed by atoms with van der Waals surface area (Å²) in [5.41, 5.74) is 7.02. The van der Waals surface area contributed by atoms with Gasteiger partial charge in [0.25, 0.3) is 0 Å². The minimum absolute atomic E-state index is 0. The van der Waals surface area contributed by atoms with Crippen molar-refractivity contribution < 1.29 is 93.6 Å². The fourth-order valence-electron chi connectivity index (χ4n) is 11.8. The van der Waals surface area contributed by atoms with Gasteiger partial charge in [0, 0.05) is 121 Å². The summed E-state index contributed by atoms with van der Waals surface area (Å²) >= 11 is 0. The summed E-state index contributed by atoms with van der Waals surface area (Å²) in [6.07, 6.45) is 0. The molecule has 0 aromatic heterocycles. The third-order valence-electron chi connectivity index (χ3n) is 15.9. The molecule has 1 fully saturated rings. The van der Waals surface area contributed by atoms with Gasteiger partial charge in [0.05, 0.1) is 107 Å². The standard InChI is InChI=1S/C10H18Si2.2C10H17Si2.C10H16Si2.2C9H15Si2.C8H22Si4.C5H16O2Si3.2CH4.5Fe/c4*1-11(2)9-7-5-6-8-10(9)12(3)4;2*1-10-8-6-4-5-7-9(8)11(2)3;1-9-5-10(2)7-12(4)8-11(3)6-9;1-8(2)6-10(5)7-9(3)4;;;;;;;/h5-8,11-12H,1-4H3;2*5-8,11H,1-4H3;5-8H,1-4H3;2*4-7,10-11H,1-3H3;9,12H,5-8H2,1-4H3;8H,1-5H3;2*1H4;;;;;. The summed E-state index contributed by atoms with van der Waals surface area (Å²) < 4.78 is 11.2. The van der Waals surface area contributed by atoms with Gasteiger partial charge < -0.3 is 8.23 Å². The summed E-state index contributed by atoms with van der Waals surface area (Å²) in [5, 5.41) is 19.9. The molecule has 0 atom stereocenters. The van der Waals surface area contributed by atoms with Crippen LogP contribution in [0.1, 0.15) is 14.9 Å². The van der Waals surface area contributed by atoms with Crippen molar-refractivity contribution in [2.75, 3.05) is 0 Å². The van der Waals surface area contributed by atoms with Gasteiger partial charge in [0.1, 0.15) is 0 Å². The first kappa shape index (κ1) is 117. The van der Waals surface area contributed by atoms with Crippen LogP contribution in [-0.4, -0.2) is 170 Å². The van der Waals surface area contributed by atoms with Crippen molar-refractivity contribution in [2.45, 2.75) is 240 Å². The molecule has 26 heteroatoms. The van der Waals surface area contributed by atoms with E-state index in [1.165, 1.54) is 0 Å². The van der Waals surface area contributed by atoms with Gasteiger partial charge in [-0.05, 0) is 32.7 Å². The Balaban J connectivity index is -0.000000158. The maximum absolute atomic E-state index is 5.60. The number of hydrogen-bond donors (Lipinski definition) is 0. The van der Waals surface area contributed by atoms with Crippen LogP contribution in [0.5, 0.6) is 0 Å². The number of rotatable bonds is 16. The topological polar surface area (TPSA) is 18.5 Å². The van der Waals surface area contributed by atoms with Crippen LogP contribution in [0.2, 0.25) is 226 Å². The molecule has 7 rings (SSSR count). The predicted octanol–water partition coefficient (Wildman–Crippen LogP) is 11.1. The second-order valence-corrected chi connectivity index (χ2v) is 80.3. The van der Waals surface area contributed by atoms with Crippen molar-refractivity contribution in [1.82, 2.24) is 0 Å². The predicted molar refractivity (Wildman–Crippen MR) is 496 cm³/mol. The molecule has 564 valence electrons. The average molecular weight is 1870 g/mol. The molecular weight excluding hydrogens is 1720 g/mol. The molecule has 1 heterocycles. The van der Waals surface area contributed by atoms with Crippen LogP contribution >= 0.6 is 0 Å². The molecule has 0 aliphatic carbocycles. The zero-order valence-electron chi connectivity index (χ0n) is 66.6. The van der Waals surface area contributed by atoms with Crippen LogP contribution in [0.15, 0.2) is 146 Å². The van der Waals surface area contributed by atoms with Crippen molar-refractivity contribution in [3.63, 3.8) is 0 Å². The van der Waals surface area contributed by atoms with Gasteiger partial charge in [-0.2, -0.15) is 0 Å². The van der Waals surface area contributed by atoms with E-state index in [9.17, 15) is 0 Å². The van der Waals surface area contributed by atoms with Gasteiger partial charge in [0.2, 0.25) is 0 Å². The minimum atomic E-state index is -0.882. The normalized spacial score (nSPS) is 13.3. The van der Waals surface area contributed by atoms with Crippen LogP contribution in [-0.2, 0) is 93.6 Å². The van der Waals surface area contributed by atoms with E-state index >= 15 is 0 Å². The largest absolute Gasteiger partial charge is 0.439 e. The molecule has 0 N–H and O–H groups in total. The Kier molecular flexibility index (Phi) is 78.9.